The molecule has 0 radical (unpaired) electrons. The molecule has 0 aliphatic heterocycles. The zero-order chi connectivity index (χ0) is 15.8. The van der Waals surface area contributed by atoms with Gasteiger partial charge in [-0.1, -0.05) is 0 Å². The minimum absolute atomic E-state index is 0.424. The van der Waals surface area contributed by atoms with E-state index in [0.29, 0.717) is 28.4 Å². The highest BCUT2D eigenvalue weighted by atomic mass is 19.1. The third-order valence-electron chi connectivity index (χ3n) is 3.44. The van der Waals surface area contributed by atoms with E-state index in [1.165, 1.54) is 28.1 Å². The van der Waals surface area contributed by atoms with Crippen molar-refractivity contribution in [3.8, 4) is 22.6 Å². The van der Waals surface area contributed by atoms with Gasteiger partial charge in [0.15, 0.2) is 0 Å². The summed E-state index contributed by atoms with van der Waals surface area (Å²) < 4.78 is 26.6. The van der Waals surface area contributed by atoms with Crippen molar-refractivity contribution >= 4 is 5.82 Å². The van der Waals surface area contributed by atoms with Gasteiger partial charge in [0.2, 0.25) is 0 Å². The van der Waals surface area contributed by atoms with Crippen molar-refractivity contribution in [2.45, 2.75) is 19.5 Å². The molecule has 5 nitrogen and oxygen atoms in total. The maximum atomic E-state index is 14.3. The molecule has 0 aliphatic carbocycles. The SMILES string of the molecule is COc1cc(C(C)(C)F)c(OC)cc1-c1cnn(C)c1N. The van der Waals surface area contributed by atoms with Gasteiger partial charge in [0.05, 0.1) is 20.4 Å². The molecule has 6 heteroatoms. The summed E-state index contributed by atoms with van der Waals surface area (Å²) in [7, 11) is 4.79. The van der Waals surface area contributed by atoms with E-state index < -0.39 is 5.67 Å². The Hall–Kier alpha value is -2.24. The number of aromatic nitrogens is 2. The highest BCUT2D eigenvalue weighted by Crippen LogP contribution is 2.42. The number of methoxy groups -OCH3 is 2. The quantitative estimate of drug-likeness (QED) is 0.941. The van der Waals surface area contributed by atoms with Gasteiger partial charge in [-0.05, 0) is 26.0 Å². The molecule has 114 valence electrons. The van der Waals surface area contributed by atoms with Crippen LogP contribution in [0.1, 0.15) is 19.4 Å². The summed E-state index contributed by atoms with van der Waals surface area (Å²) in [6.07, 6.45) is 1.65. The minimum Gasteiger partial charge on any atom is -0.496 e. The number of halogens is 1. The molecule has 0 fully saturated rings. The highest BCUT2D eigenvalue weighted by molar-refractivity contribution is 5.80. The molecule has 2 N–H and O–H groups in total. The lowest BCUT2D eigenvalue weighted by molar-refractivity contribution is 0.212. The highest BCUT2D eigenvalue weighted by Gasteiger charge is 2.26. The summed E-state index contributed by atoms with van der Waals surface area (Å²) in [5.74, 6) is 1.47. The number of benzene rings is 1. The van der Waals surface area contributed by atoms with Gasteiger partial charge in [-0.3, -0.25) is 4.68 Å². The van der Waals surface area contributed by atoms with Crippen molar-refractivity contribution in [2.75, 3.05) is 20.0 Å². The standard InChI is InChI=1S/C15H20FN3O2/c1-15(2,16)11-7-12(20-4)9(6-13(11)21-5)10-8-18-19(3)14(10)17/h6-8H,17H2,1-5H3. The van der Waals surface area contributed by atoms with Crippen molar-refractivity contribution in [2.24, 2.45) is 7.05 Å². The van der Waals surface area contributed by atoms with Crippen LogP contribution in [0, 0.1) is 0 Å². The molecular formula is C15H20FN3O2. The smallest absolute Gasteiger partial charge is 0.134 e. The van der Waals surface area contributed by atoms with Crippen LogP contribution in [0.15, 0.2) is 18.3 Å². The Kier molecular flexibility index (Phi) is 3.80. The van der Waals surface area contributed by atoms with Crippen molar-refractivity contribution in [3.05, 3.63) is 23.9 Å². The summed E-state index contributed by atoms with van der Waals surface area (Å²) in [4.78, 5) is 0. The van der Waals surface area contributed by atoms with Crippen LogP contribution < -0.4 is 15.2 Å². The van der Waals surface area contributed by atoms with E-state index in [4.69, 9.17) is 15.2 Å². The Balaban J connectivity index is 2.70. The number of nitrogens with zero attached hydrogens (tertiary/aromatic N) is 2. The number of nitrogen functional groups attached to an aromatic ring is 1. The van der Waals surface area contributed by atoms with Gasteiger partial charge in [-0.15, -0.1) is 0 Å². The molecule has 2 aromatic rings. The largest absolute Gasteiger partial charge is 0.496 e. The predicted octanol–water partition coefficient (Wildman–Crippen LogP) is 2.89. The molecule has 0 saturated carbocycles. The van der Waals surface area contributed by atoms with Crippen molar-refractivity contribution in [1.82, 2.24) is 9.78 Å². The predicted molar refractivity (Wildman–Crippen MR) is 80.3 cm³/mol. The number of aryl methyl sites for hydroxylation is 1. The minimum atomic E-state index is -1.54. The lowest BCUT2D eigenvalue weighted by Crippen LogP contribution is -2.11. The zero-order valence-corrected chi connectivity index (χ0v) is 12.9. The number of hydrogen-bond donors (Lipinski definition) is 1. The summed E-state index contributed by atoms with van der Waals surface area (Å²) in [5, 5.41) is 4.12. The fraction of sp³-hybridized carbons (Fsp3) is 0.400. The molecule has 0 amide bonds. The van der Waals surface area contributed by atoms with E-state index >= 15 is 0 Å². The fourth-order valence-corrected chi connectivity index (χ4v) is 2.23. The van der Waals surface area contributed by atoms with Crippen LogP contribution in [-0.2, 0) is 12.7 Å². The number of anilines is 1. The number of hydrogen-bond acceptors (Lipinski definition) is 4. The molecule has 2 rings (SSSR count). The second-order valence-electron chi connectivity index (χ2n) is 5.29. The van der Waals surface area contributed by atoms with Gasteiger partial charge in [0.25, 0.3) is 0 Å². The monoisotopic (exact) mass is 293 g/mol. The Morgan fingerprint density at radius 3 is 2.19 bits per heavy atom. The maximum Gasteiger partial charge on any atom is 0.134 e. The molecule has 0 bridgehead atoms. The molecular weight excluding hydrogens is 273 g/mol. The van der Waals surface area contributed by atoms with Crippen LogP contribution in [0.5, 0.6) is 11.5 Å². The second kappa shape index (κ2) is 5.27. The second-order valence-corrected chi connectivity index (χ2v) is 5.29. The van der Waals surface area contributed by atoms with E-state index in [2.05, 4.69) is 5.10 Å². The van der Waals surface area contributed by atoms with Gasteiger partial charge < -0.3 is 15.2 Å². The molecule has 21 heavy (non-hydrogen) atoms. The first kappa shape index (κ1) is 15.2. The third kappa shape index (κ3) is 2.66. The number of alkyl halides is 1. The number of nitrogens with two attached hydrogens (primary N) is 1. The average molecular weight is 293 g/mol. The normalized spacial score (nSPS) is 11.5. The molecule has 1 heterocycles. The molecule has 0 spiro atoms. The summed E-state index contributed by atoms with van der Waals surface area (Å²) in [5.41, 5.74) is 6.32. The molecule has 1 aromatic heterocycles. The van der Waals surface area contributed by atoms with Crippen LogP contribution in [0.2, 0.25) is 0 Å². The van der Waals surface area contributed by atoms with Gasteiger partial charge in [-0.25, -0.2) is 4.39 Å². The third-order valence-corrected chi connectivity index (χ3v) is 3.44. The van der Waals surface area contributed by atoms with Crippen LogP contribution in [0.25, 0.3) is 11.1 Å². The van der Waals surface area contributed by atoms with E-state index in [1.54, 1.807) is 30.1 Å². The van der Waals surface area contributed by atoms with E-state index in [9.17, 15) is 4.39 Å². The Morgan fingerprint density at radius 2 is 1.76 bits per heavy atom. The summed E-state index contributed by atoms with van der Waals surface area (Å²) in [6.45, 7) is 2.95. The Bertz CT molecular complexity index is 660. The first-order valence-electron chi connectivity index (χ1n) is 6.52. The molecule has 0 aliphatic rings. The van der Waals surface area contributed by atoms with Crippen LogP contribution in [-0.4, -0.2) is 24.0 Å². The molecule has 0 unspecified atom stereocenters. The molecule has 1 aromatic carbocycles. The van der Waals surface area contributed by atoms with Crippen molar-refractivity contribution in [3.63, 3.8) is 0 Å². The Morgan fingerprint density at radius 1 is 1.14 bits per heavy atom. The first-order valence-corrected chi connectivity index (χ1v) is 6.52. The van der Waals surface area contributed by atoms with Gasteiger partial charge in [0.1, 0.15) is 23.0 Å². The summed E-state index contributed by atoms with van der Waals surface area (Å²) >= 11 is 0. The average Bonchev–Trinajstić information content (AvgIpc) is 2.76. The zero-order valence-electron chi connectivity index (χ0n) is 12.9. The Labute approximate surface area is 123 Å². The van der Waals surface area contributed by atoms with Crippen LogP contribution in [0.4, 0.5) is 10.2 Å². The van der Waals surface area contributed by atoms with Crippen molar-refractivity contribution < 1.29 is 13.9 Å². The van der Waals surface area contributed by atoms with E-state index in [0.717, 1.165) is 5.56 Å². The molecule has 0 atom stereocenters. The first-order chi connectivity index (χ1) is 9.79. The van der Waals surface area contributed by atoms with Gasteiger partial charge in [0, 0.05) is 23.7 Å². The van der Waals surface area contributed by atoms with Crippen molar-refractivity contribution in [1.29, 1.82) is 0 Å². The van der Waals surface area contributed by atoms with E-state index in [1.807, 2.05) is 0 Å². The number of rotatable bonds is 4. The topological polar surface area (TPSA) is 62.3 Å². The summed E-state index contributed by atoms with van der Waals surface area (Å²) in [6, 6.07) is 3.36. The van der Waals surface area contributed by atoms with E-state index in [-0.39, 0.29) is 0 Å². The number of ether oxygens (including phenoxy) is 2. The van der Waals surface area contributed by atoms with Crippen LogP contribution in [0.3, 0.4) is 0 Å². The van der Waals surface area contributed by atoms with Gasteiger partial charge >= 0.3 is 0 Å². The van der Waals surface area contributed by atoms with Gasteiger partial charge in [-0.2, -0.15) is 5.10 Å². The lowest BCUT2D eigenvalue weighted by atomic mass is 9.95. The molecule has 0 saturated heterocycles. The fourth-order valence-electron chi connectivity index (χ4n) is 2.23. The van der Waals surface area contributed by atoms with Crippen LogP contribution >= 0.6 is 0 Å². The maximum absolute atomic E-state index is 14.3. The lowest BCUT2D eigenvalue weighted by Gasteiger charge is -2.21.